The molecule has 5 nitrogen and oxygen atoms in total. The fraction of sp³-hybridized carbons (Fsp3) is 0.350. The molecule has 0 saturated carbocycles. The lowest BCUT2D eigenvalue weighted by atomic mass is 9.93. The lowest BCUT2D eigenvalue weighted by Crippen LogP contribution is -2.34. The molecule has 1 heterocycles. The first-order valence-electron chi connectivity index (χ1n) is 8.61. The van der Waals surface area contributed by atoms with Crippen LogP contribution in [0.2, 0.25) is 0 Å². The number of hydrogen-bond acceptors (Lipinski definition) is 3. The fourth-order valence-corrected chi connectivity index (χ4v) is 3.08. The zero-order valence-electron chi connectivity index (χ0n) is 14.5. The van der Waals surface area contributed by atoms with Crippen molar-refractivity contribution in [3.05, 3.63) is 59.7 Å². The second-order valence-corrected chi connectivity index (χ2v) is 6.11. The first kappa shape index (κ1) is 17.3. The van der Waals surface area contributed by atoms with Crippen LogP contribution in [0.15, 0.2) is 48.5 Å². The topological polar surface area (TPSA) is 59.6 Å². The predicted molar refractivity (Wildman–Crippen MR) is 98.3 cm³/mol. The molecule has 1 aliphatic heterocycles. The average molecular weight is 340 g/mol. The number of carbonyl (C=O) groups excluding carboxylic acids is 1. The quantitative estimate of drug-likeness (QED) is 0.845. The molecule has 5 heteroatoms. The molecular formula is C20H24N2O3. The second kappa shape index (κ2) is 8.53. The Bertz CT molecular complexity index is 718. The van der Waals surface area contributed by atoms with Gasteiger partial charge in [-0.2, -0.15) is 0 Å². The maximum Gasteiger partial charge on any atom is 0.319 e. The van der Waals surface area contributed by atoms with Gasteiger partial charge in [-0.1, -0.05) is 36.4 Å². The third-order valence-corrected chi connectivity index (χ3v) is 4.43. The number of para-hydroxylation sites is 2. The van der Waals surface area contributed by atoms with Crippen LogP contribution in [0.3, 0.4) is 0 Å². The van der Waals surface area contributed by atoms with Gasteiger partial charge in [0.2, 0.25) is 0 Å². The number of fused-ring (bicyclic) bond motifs is 1. The lowest BCUT2D eigenvalue weighted by molar-refractivity contribution is 0.202. The van der Waals surface area contributed by atoms with Crippen LogP contribution in [0.4, 0.5) is 10.5 Å². The van der Waals surface area contributed by atoms with Gasteiger partial charge in [0.05, 0.1) is 13.2 Å². The van der Waals surface area contributed by atoms with Crippen molar-refractivity contribution in [2.24, 2.45) is 0 Å². The summed E-state index contributed by atoms with van der Waals surface area (Å²) in [6.07, 6.45) is 1.67. The Labute approximate surface area is 148 Å². The van der Waals surface area contributed by atoms with Gasteiger partial charge in [-0.15, -0.1) is 0 Å². The molecule has 0 aliphatic carbocycles. The van der Waals surface area contributed by atoms with Crippen molar-refractivity contribution in [3.63, 3.8) is 0 Å². The van der Waals surface area contributed by atoms with Crippen molar-refractivity contribution in [1.29, 1.82) is 0 Å². The monoisotopic (exact) mass is 340 g/mol. The number of methoxy groups -OCH3 is 1. The minimum atomic E-state index is -0.186. The van der Waals surface area contributed by atoms with Crippen molar-refractivity contribution in [2.75, 3.05) is 32.2 Å². The Morgan fingerprint density at radius 1 is 1.20 bits per heavy atom. The van der Waals surface area contributed by atoms with E-state index in [0.29, 0.717) is 19.8 Å². The average Bonchev–Trinajstić information content (AvgIpc) is 2.65. The Morgan fingerprint density at radius 2 is 2.00 bits per heavy atom. The first-order valence-corrected chi connectivity index (χ1v) is 8.61. The van der Waals surface area contributed by atoms with Gasteiger partial charge >= 0.3 is 6.03 Å². The SMILES string of the molecule is COCCc1ccccc1NC(=O)NCC1CCOc2ccccc21. The number of hydrogen-bond donors (Lipinski definition) is 2. The summed E-state index contributed by atoms with van der Waals surface area (Å²) in [6.45, 7) is 1.90. The zero-order valence-corrected chi connectivity index (χ0v) is 14.5. The maximum absolute atomic E-state index is 12.3. The third kappa shape index (κ3) is 4.51. The normalized spacial score (nSPS) is 15.8. The van der Waals surface area contributed by atoms with E-state index in [1.165, 1.54) is 0 Å². The molecular weight excluding hydrogens is 316 g/mol. The van der Waals surface area contributed by atoms with Gasteiger partial charge in [-0.25, -0.2) is 4.79 Å². The van der Waals surface area contributed by atoms with Crippen LogP contribution in [0.5, 0.6) is 5.75 Å². The minimum absolute atomic E-state index is 0.186. The fourth-order valence-electron chi connectivity index (χ4n) is 3.08. The van der Waals surface area contributed by atoms with E-state index in [-0.39, 0.29) is 11.9 Å². The van der Waals surface area contributed by atoms with Gasteiger partial charge < -0.3 is 20.1 Å². The van der Waals surface area contributed by atoms with Crippen LogP contribution in [0, 0.1) is 0 Å². The molecule has 1 aliphatic rings. The summed E-state index contributed by atoms with van der Waals surface area (Å²) in [6, 6.07) is 15.6. The molecule has 0 bridgehead atoms. The number of ether oxygens (including phenoxy) is 2. The minimum Gasteiger partial charge on any atom is -0.493 e. The van der Waals surface area contributed by atoms with Gasteiger partial charge in [-0.05, 0) is 36.1 Å². The summed E-state index contributed by atoms with van der Waals surface area (Å²) in [5.74, 6) is 1.20. The number of carbonyl (C=O) groups is 1. The summed E-state index contributed by atoms with van der Waals surface area (Å²) >= 11 is 0. The molecule has 0 aromatic heterocycles. The molecule has 1 atom stereocenters. The van der Waals surface area contributed by atoms with Crippen LogP contribution < -0.4 is 15.4 Å². The van der Waals surface area contributed by atoms with Gasteiger partial charge in [0.15, 0.2) is 0 Å². The van der Waals surface area contributed by atoms with Crippen LogP contribution in [0.25, 0.3) is 0 Å². The third-order valence-electron chi connectivity index (χ3n) is 4.43. The number of nitrogens with one attached hydrogen (secondary N) is 2. The lowest BCUT2D eigenvalue weighted by Gasteiger charge is -2.26. The molecule has 25 heavy (non-hydrogen) atoms. The maximum atomic E-state index is 12.3. The number of amides is 2. The van der Waals surface area contributed by atoms with E-state index < -0.39 is 0 Å². The summed E-state index contributed by atoms with van der Waals surface area (Å²) in [5, 5.41) is 5.93. The van der Waals surface area contributed by atoms with Crippen molar-refractivity contribution in [2.45, 2.75) is 18.8 Å². The molecule has 0 saturated heterocycles. The van der Waals surface area contributed by atoms with Gasteiger partial charge in [0.25, 0.3) is 0 Å². The van der Waals surface area contributed by atoms with E-state index in [1.807, 2.05) is 42.5 Å². The molecule has 3 rings (SSSR count). The Balaban J connectivity index is 1.58. The summed E-state index contributed by atoms with van der Waals surface area (Å²) in [7, 11) is 1.68. The van der Waals surface area contributed by atoms with Crippen LogP contribution in [-0.2, 0) is 11.2 Å². The van der Waals surface area contributed by atoms with E-state index >= 15 is 0 Å². The second-order valence-electron chi connectivity index (χ2n) is 6.11. The Hall–Kier alpha value is -2.53. The van der Waals surface area contributed by atoms with E-state index in [9.17, 15) is 4.79 Å². The largest absolute Gasteiger partial charge is 0.493 e. The van der Waals surface area contributed by atoms with Crippen molar-refractivity contribution < 1.29 is 14.3 Å². The molecule has 0 fully saturated rings. The highest BCUT2D eigenvalue weighted by Crippen LogP contribution is 2.32. The Morgan fingerprint density at radius 3 is 2.88 bits per heavy atom. The van der Waals surface area contributed by atoms with E-state index in [1.54, 1.807) is 7.11 Å². The molecule has 0 radical (unpaired) electrons. The van der Waals surface area contributed by atoms with E-state index in [4.69, 9.17) is 9.47 Å². The smallest absolute Gasteiger partial charge is 0.319 e. The van der Waals surface area contributed by atoms with Gasteiger partial charge in [0, 0.05) is 25.3 Å². The Kier molecular flexibility index (Phi) is 5.90. The summed E-state index contributed by atoms with van der Waals surface area (Å²) in [5.41, 5.74) is 3.05. The molecule has 132 valence electrons. The number of urea groups is 1. The van der Waals surface area contributed by atoms with E-state index in [2.05, 4.69) is 16.7 Å². The number of benzene rings is 2. The van der Waals surface area contributed by atoms with Crippen LogP contribution in [-0.4, -0.2) is 32.9 Å². The number of anilines is 1. The van der Waals surface area contributed by atoms with Gasteiger partial charge in [0.1, 0.15) is 5.75 Å². The van der Waals surface area contributed by atoms with Crippen molar-refractivity contribution in [1.82, 2.24) is 5.32 Å². The molecule has 1 unspecified atom stereocenters. The molecule has 0 spiro atoms. The molecule has 2 N–H and O–H groups in total. The van der Waals surface area contributed by atoms with E-state index in [0.717, 1.165) is 35.4 Å². The van der Waals surface area contributed by atoms with Crippen molar-refractivity contribution in [3.8, 4) is 5.75 Å². The number of rotatable bonds is 6. The van der Waals surface area contributed by atoms with Gasteiger partial charge in [-0.3, -0.25) is 0 Å². The highest BCUT2D eigenvalue weighted by Gasteiger charge is 2.21. The van der Waals surface area contributed by atoms with Crippen molar-refractivity contribution >= 4 is 11.7 Å². The zero-order chi connectivity index (χ0) is 17.5. The van der Waals surface area contributed by atoms with Crippen LogP contribution in [0.1, 0.15) is 23.5 Å². The summed E-state index contributed by atoms with van der Waals surface area (Å²) in [4.78, 5) is 12.3. The molecule has 2 aromatic carbocycles. The standard InChI is InChI=1S/C20H24N2O3/c1-24-12-10-15-6-2-4-8-18(15)22-20(23)21-14-16-11-13-25-19-9-5-3-7-17(16)19/h2-9,16H,10-14H2,1H3,(H2,21,22,23). The van der Waals surface area contributed by atoms with Crippen LogP contribution >= 0.6 is 0 Å². The first-order chi connectivity index (χ1) is 12.3. The predicted octanol–water partition coefficient (Wildman–Crippen LogP) is 3.56. The summed E-state index contributed by atoms with van der Waals surface area (Å²) < 4.78 is 10.8. The highest BCUT2D eigenvalue weighted by atomic mass is 16.5. The highest BCUT2D eigenvalue weighted by molar-refractivity contribution is 5.90. The molecule has 2 aromatic rings. The molecule has 2 amide bonds.